The molecule has 128 valence electrons. The normalized spacial score (nSPS) is 20.8. The van der Waals surface area contributed by atoms with E-state index in [4.69, 9.17) is 10.7 Å². The van der Waals surface area contributed by atoms with Gasteiger partial charge in [0.15, 0.2) is 0 Å². The predicted octanol–water partition coefficient (Wildman–Crippen LogP) is 3.87. The Morgan fingerprint density at radius 1 is 1.22 bits per heavy atom. The number of aromatic nitrogens is 1. The van der Waals surface area contributed by atoms with E-state index in [1.165, 1.54) is 16.3 Å². The summed E-state index contributed by atoms with van der Waals surface area (Å²) in [6, 6.07) is 10.9. The van der Waals surface area contributed by atoms with E-state index in [1.807, 2.05) is 0 Å². The van der Waals surface area contributed by atoms with Crippen LogP contribution in [0, 0.1) is 0 Å². The number of hydrogen-bond acceptors (Lipinski definition) is 4. The van der Waals surface area contributed by atoms with E-state index >= 15 is 0 Å². The predicted molar refractivity (Wildman–Crippen MR) is 103 cm³/mol. The van der Waals surface area contributed by atoms with Crippen LogP contribution in [0.15, 0.2) is 35.7 Å². The molecule has 0 spiro atoms. The van der Waals surface area contributed by atoms with Gasteiger partial charge in [-0.3, -0.25) is 4.90 Å². The molecule has 1 aliphatic rings. The number of nitrogens with zero attached hydrogens (tertiary/aromatic N) is 2. The minimum atomic E-state index is 0. The quantitative estimate of drug-likeness (QED) is 0.864. The zero-order valence-corrected chi connectivity index (χ0v) is 15.8. The van der Waals surface area contributed by atoms with Crippen molar-refractivity contribution >= 4 is 36.2 Å². The van der Waals surface area contributed by atoms with Gasteiger partial charge in [-0.05, 0) is 18.4 Å². The maximum Gasteiger partial charge on any atom is 0.0928 e. The molecule has 0 saturated carbocycles. The number of nitrogens with two attached hydrogens (primary N) is 1. The summed E-state index contributed by atoms with van der Waals surface area (Å²) in [5, 5.41) is 3.46. The molecule has 0 radical (unpaired) electrons. The molecule has 2 heterocycles. The van der Waals surface area contributed by atoms with Crippen LogP contribution in [-0.2, 0) is 13.0 Å². The fourth-order valence-electron chi connectivity index (χ4n) is 3.07. The molecule has 23 heavy (non-hydrogen) atoms. The van der Waals surface area contributed by atoms with Crippen molar-refractivity contribution in [3.8, 4) is 0 Å². The minimum Gasteiger partial charge on any atom is -0.326 e. The van der Waals surface area contributed by atoms with Crippen LogP contribution in [0.1, 0.15) is 35.5 Å². The minimum absolute atomic E-state index is 0. The molecule has 0 aliphatic carbocycles. The van der Waals surface area contributed by atoms with Crippen LogP contribution in [-0.4, -0.2) is 29.0 Å². The third kappa shape index (κ3) is 5.16. The van der Waals surface area contributed by atoms with Crippen LogP contribution in [0.3, 0.4) is 0 Å². The number of likely N-dealkylation sites (tertiary alicyclic amines) is 1. The van der Waals surface area contributed by atoms with Crippen molar-refractivity contribution in [3.63, 3.8) is 0 Å². The maximum atomic E-state index is 6.35. The summed E-state index contributed by atoms with van der Waals surface area (Å²) in [6.45, 7) is 5.12. The summed E-state index contributed by atoms with van der Waals surface area (Å²) in [4.78, 5) is 7.16. The zero-order valence-electron chi connectivity index (χ0n) is 13.4. The summed E-state index contributed by atoms with van der Waals surface area (Å²) >= 11 is 1.79. The number of thiazole rings is 1. The second kappa shape index (κ2) is 9.60. The molecule has 2 atom stereocenters. The topological polar surface area (TPSA) is 42.2 Å². The Balaban J connectivity index is 0.00000132. The Morgan fingerprint density at radius 2 is 1.96 bits per heavy atom. The first kappa shape index (κ1) is 20.4. The van der Waals surface area contributed by atoms with E-state index in [0.29, 0.717) is 5.92 Å². The van der Waals surface area contributed by atoms with Gasteiger partial charge in [-0.15, -0.1) is 36.2 Å². The molecule has 1 aromatic heterocycles. The second-order valence-corrected chi connectivity index (χ2v) is 6.80. The van der Waals surface area contributed by atoms with E-state index in [9.17, 15) is 0 Å². The maximum absolute atomic E-state index is 6.35. The monoisotopic (exact) mass is 373 g/mol. The molecule has 1 aliphatic heterocycles. The molecule has 0 bridgehead atoms. The molecule has 0 unspecified atom stereocenters. The molecule has 1 saturated heterocycles. The lowest BCUT2D eigenvalue weighted by atomic mass is 9.95. The second-order valence-electron chi connectivity index (χ2n) is 5.86. The van der Waals surface area contributed by atoms with Gasteiger partial charge in [0.05, 0.1) is 10.7 Å². The lowest BCUT2D eigenvalue weighted by Crippen LogP contribution is -2.28. The molecule has 6 heteroatoms. The van der Waals surface area contributed by atoms with Crippen molar-refractivity contribution in [2.24, 2.45) is 5.73 Å². The van der Waals surface area contributed by atoms with Crippen molar-refractivity contribution in [2.75, 3.05) is 13.1 Å². The lowest BCUT2D eigenvalue weighted by Gasteiger charge is -2.15. The Morgan fingerprint density at radius 3 is 2.65 bits per heavy atom. The fraction of sp³-hybridized carbons (Fsp3) is 0.471. The Labute approximate surface area is 155 Å². The molecule has 0 amide bonds. The summed E-state index contributed by atoms with van der Waals surface area (Å²) in [6.07, 6.45) is 2.26. The molecule has 1 aromatic carbocycles. The van der Waals surface area contributed by atoms with E-state index in [2.05, 4.69) is 47.5 Å². The summed E-state index contributed by atoms with van der Waals surface area (Å²) in [7, 11) is 0. The SMILES string of the molecule is CCCc1nc(CN2C[C@@H](N)[C@H](c3ccccc3)C2)cs1.Cl.Cl. The van der Waals surface area contributed by atoms with Crippen LogP contribution in [0.2, 0.25) is 0 Å². The van der Waals surface area contributed by atoms with E-state index in [0.717, 1.165) is 32.5 Å². The zero-order chi connectivity index (χ0) is 14.7. The van der Waals surface area contributed by atoms with Gasteiger partial charge in [-0.2, -0.15) is 0 Å². The van der Waals surface area contributed by atoms with Crippen molar-refractivity contribution in [1.82, 2.24) is 9.88 Å². The van der Waals surface area contributed by atoms with E-state index in [1.54, 1.807) is 11.3 Å². The standard InChI is InChI=1S/C17H23N3S.2ClH/c1-2-6-17-19-14(12-21-17)9-20-10-15(16(18)11-20)13-7-4-3-5-8-13;;/h3-5,7-8,12,15-16H,2,6,9-11,18H2,1H3;2*1H/t15-,16+;;/m0../s1. The number of aryl methyl sites for hydroxylation is 1. The van der Waals surface area contributed by atoms with Gasteiger partial charge in [-0.1, -0.05) is 37.3 Å². The van der Waals surface area contributed by atoms with Gasteiger partial charge in [0.1, 0.15) is 0 Å². The number of halogens is 2. The number of hydrogen-bond donors (Lipinski definition) is 1. The first-order valence-corrected chi connectivity index (χ1v) is 8.60. The average Bonchev–Trinajstić information content (AvgIpc) is 3.07. The number of rotatable bonds is 5. The first-order chi connectivity index (χ1) is 10.3. The van der Waals surface area contributed by atoms with Crippen molar-refractivity contribution in [1.29, 1.82) is 0 Å². The third-order valence-electron chi connectivity index (χ3n) is 4.12. The van der Waals surface area contributed by atoms with Gasteiger partial charge < -0.3 is 5.73 Å². The smallest absolute Gasteiger partial charge is 0.0928 e. The van der Waals surface area contributed by atoms with Crippen LogP contribution >= 0.6 is 36.2 Å². The molecular weight excluding hydrogens is 349 g/mol. The number of benzene rings is 1. The van der Waals surface area contributed by atoms with Crippen molar-refractivity contribution < 1.29 is 0 Å². The molecule has 1 fully saturated rings. The van der Waals surface area contributed by atoms with Gasteiger partial charge in [0.25, 0.3) is 0 Å². The van der Waals surface area contributed by atoms with Crippen molar-refractivity contribution in [3.05, 3.63) is 52.0 Å². The van der Waals surface area contributed by atoms with Crippen LogP contribution < -0.4 is 5.73 Å². The average molecular weight is 374 g/mol. The van der Waals surface area contributed by atoms with Gasteiger partial charge in [0.2, 0.25) is 0 Å². The highest BCUT2D eigenvalue weighted by Gasteiger charge is 2.31. The van der Waals surface area contributed by atoms with Gasteiger partial charge in [0, 0.05) is 37.0 Å². The summed E-state index contributed by atoms with van der Waals surface area (Å²) < 4.78 is 0. The lowest BCUT2D eigenvalue weighted by molar-refractivity contribution is 0.320. The van der Waals surface area contributed by atoms with Gasteiger partial charge >= 0.3 is 0 Å². The highest BCUT2D eigenvalue weighted by Crippen LogP contribution is 2.27. The van der Waals surface area contributed by atoms with Gasteiger partial charge in [-0.25, -0.2) is 4.98 Å². The fourth-order valence-corrected chi connectivity index (χ4v) is 3.97. The largest absolute Gasteiger partial charge is 0.326 e. The van der Waals surface area contributed by atoms with E-state index < -0.39 is 0 Å². The summed E-state index contributed by atoms with van der Waals surface area (Å²) in [5.74, 6) is 0.444. The van der Waals surface area contributed by atoms with Crippen LogP contribution in [0.25, 0.3) is 0 Å². The summed E-state index contributed by atoms with van der Waals surface area (Å²) in [5.41, 5.74) is 8.91. The molecule has 2 aromatic rings. The van der Waals surface area contributed by atoms with Crippen LogP contribution in [0.5, 0.6) is 0 Å². The highest BCUT2D eigenvalue weighted by atomic mass is 35.5. The third-order valence-corrected chi connectivity index (χ3v) is 5.07. The highest BCUT2D eigenvalue weighted by molar-refractivity contribution is 7.09. The Bertz CT molecular complexity index is 576. The Hall–Kier alpha value is -0.650. The van der Waals surface area contributed by atoms with E-state index in [-0.39, 0.29) is 30.9 Å². The Kier molecular flexibility index (Phi) is 8.51. The van der Waals surface area contributed by atoms with Crippen molar-refractivity contribution in [2.45, 2.75) is 38.3 Å². The molecular formula is C17H25Cl2N3S. The molecule has 3 nitrogen and oxygen atoms in total. The van der Waals surface area contributed by atoms with Crippen LogP contribution in [0.4, 0.5) is 0 Å². The molecule has 2 N–H and O–H groups in total. The first-order valence-electron chi connectivity index (χ1n) is 7.72. The molecule has 3 rings (SSSR count).